The normalized spacial score (nSPS) is 15.3. The molecule has 0 spiro atoms. The topological polar surface area (TPSA) is 99.6 Å². The van der Waals surface area contributed by atoms with E-state index in [0.29, 0.717) is 38.0 Å². The smallest absolute Gasteiger partial charge is 0.354 e. The van der Waals surface area contributed by atoms with Crippen LogP contribution in [0.25, 0.3) is 0 Å². The van der Waals surface area contributed by atoms with E-state index in [1.165, 1.54) is 18.3 Å². The summed E-state index contributed by atoms with van der Waals surface area (Å²) in [5, 5.41) is 11.7. The van der Waals surface area contributed by atoms with Gasteiger partial charge in [-0.3, -0.25) is 9.59 Å². The number of carboxylic acids is 1. The Hall–Kier alpha value is -2.44. The van der Waals surface area contributed by atoms with Crippen molar-refractivity contribution in [1.82, 2.24) is 15.2 Å². The summed E-state index contributed by atoms with van der Waals surface area (Å²) in [7, 11) is 0. The molecule has 0 atom stereocenters. The molecule has 2 rings (SSSR count). The van der Waals surface area contributed by atoms with Crippen molar-refractivity contribution in [1.29, 1.82) is 0 Å². The third-order valence-electron chi connectivity index (χ3n) is 3.93. The quantitative estimate of drug-likeness (QED) is 0.848. The average Bonchev–Trinajstić information content (AvgIpc) is 2.59. The molecule has 1 saturated heterocycles. The van der Waals surface area contributed by atoms with E-state index in [0.717, 1.165) is 6.42 Å². The number of pyridine rings is 1. The molecule has 1 aromatic rings. The number of likely N-dealkylation sites (tertiary alicyclic amines) is 1. The number of carboxylic acid groups (broad SMARTS) is 1. The summed E-state index contributed by atoms with van der Waals surface area (Å²) in [4.78, 5) is 40.5. The lowest BCUT2D eigenvalue weighted by Crippen LogP contribution is -2.43. The number of amides is 2. The maximum atomic E-state index is 12.4. The van der Waals surface area contributed by atoms with Crippen LogP contribution in [0.4, 0.5) is 0 Å². The highest BCUT2D eigenvalue weighted by atomic mass is 16.4. The second kappa shape index (κ2) is 7.71. The van der Waals surface area contributed by atoms with Crippen LogP contribution in [-0.2, 0) is 4.79 Å². The highest BCUT2D eigenvalue weighted by molar-refractivity contribution is 5.95. The van der Waals surface area contributed by atoms with Crippen molar-refractivity contribution in [2.24, 2.45) is 5.92 Å². The van der Waals surface area contributed by atoms with Crippen molar-refractivity contribution in [3.05, 3.63) is 29.6 Å². The minimum atomic E-state index is -1.12. The number of piperidine rings is 1. The van der Waals surface area contributed by atoms with E-state index >= 15 is 0 Å². The van der Waals surface area contributed by atoms with Gasteiger partial charge in [0.15, 0.2) is 0 Å². The molecule has 0 aliphatic carbocycles. The van der Waals surface area contributed by atoms with E-state index in [1.54, 1.807) is 4.90 Å². The fourth-order valence-corrected chi connectivity index (χ4v) is 2.57. The van der Waals surface area contributed by atoms with E-state index in [1.807, 2.05) is 6.92 Å². The molecule has 7 nitrogen and oxygen atoms in total. The van der Waals surface area contributed by atoms with Crippen molar-refractivity contribution in [3.8, 4) is 0 Å². The first-order valence-corrected chi connectivity index (χ1v) is 7.79. The largest absolute Gasteiger partial charge is 0.477 e. The Balaban J connectivity index is 1.90. The number of aromatic nitrogens is 1. The number of aromatic carboxylic acids is 1. The highest BCUT2D eigenvalue weighted by Crippen LogP contribution is 2.19. The Labute approximate surface area is 134 Å². The Morgan fingerprint density at radius 1 is 1.30 bits per heavy atom. The SMILES string of the molecule is CCCNC(=O)C1CCN(C(=O)c2ccc(C(=O)O)nc2)CC1. The maximum absolute atomic E-state index is 12.4. The molecule has 2 heterocycles. The molecule has 2 amide bonds. The summed E-state index contributed by atoms with van der Waals surface area (Å²) in [6, 6.07) is 2.79. The fourth-order valence-electron chi connectivity index (χ4n) is 2.57. The molecule has 0 saturated carbocycles. The van der Waals surface area contributed by atoms with Gasteiger partial charge in [0, 0.05) is 31.7 Å². The minimum absolute atomic E-state index is 0.0434. The van der Waals surface area contributed by atoms with Crippen LogP contribution in [0.15, 0.2) is 18.3 Å². The predicted molar refractivity (Wildman–Crippen MR) is 83.1 cm³/mol. The van der Waals surface area contributed by atoms with Crippen molar-refractivity contribution in [2.75, 3.05) is 19.6 Å². The molecule has 23 heavy (non-hydrogen) atoms. The molecule has 0 unspecified atom stereocenters. The molecule has 1 aliphatic heterocycles. The van der Waals surface area contributed by atoms with E-state index in [-0.39, 0.29) is 23.4 Å². The predicted octanol–water partition coefficient (Wildman–Crippen LogP) is 1.16. The summed E-state index contributed by atoms with van der Waals surface area (Å²) in [5.74, 6) is -1.28. The van der Waals surface area contributed by atoms with Gasteiger partial charge in [0.1, 0.15) is 5.69 Å². The number of rotatable bonds is 5. The molecule has 1 aliphatic rings. The summed E-state index contributed by atoms with van der Waals surface area (Å²) < 4.78 is 0. The molecular weight excluding hydrogens is 298 g/mol. The summed E-state index contributed by atoms with van der Waals surface area (Å²) in [5.41, 5.74) is 0.275. The zero-order valence-corrected chi connectivity index (χ0v) is 13.1. The summed E-state index contributed by atoms with van der Waals surface area (Å²) >= 11 is 0. The molecule has 0 bridgehead atoms. The number of hydrogen-bond acceptors (Lipinski definition) is 4. The van der Waals surface area contributed by atoms with Crippen LogP contribution in [0.3, 0.4) is 0 Å². The molecule has 7 heteroatoms. The van der Waals surface area contributed by atoms with E-state index in [4.69, 9.17) is 5.11 Å². The van der Waals surface area contributed by atoms with Gasteiger partial charge in [0.05, 0.1) is 5.56 Å². The van der Waals surface area contributed by atoms with Gasteiger partial charge >= 0.3 is 5.97 Å². The third kappa shape index (κ3) is 4.28. The van der Waals surface area contributed by atoms with Crippen LogP contribution in [0.1, 0.15) is 47.0 Å². The lowest BCUT2D eigenvalue weighted by Gasteiger charge is -2.31. The zero-order valence-electron chi connectivity index (χ0n) is 13.1. The lowest BCUT2D eigenvalue weighted by molar-refractivity contribution is -0.126. The Morgan fingerprint density at radius 3 is 2.52 bits per heavy atom. The van der Waals surface area contributed by atoms with Crippen LogP contribution in [0, 0.1) is 5.92 Å². The van der Waals surface area contributed by atoms with Crippen LogP contribution < -0.4 is 5.32 Å². The van der Waals surface area contributed by atoms with E-state index in [2.05, 4.69) is 10.3 Å². The zero-order chi connectivity index (χ0) is 16.8. The average molecular weight is 319 g/mol. The fraction of sp³-hybridized carbons (Fsp3) is 0.500. The van der Waals surface area contributed by atoms with Gasteiger partial charge in [-0.15, -0.1) is 0 Å². The van der Waals surface area contributed by atoms with Gasteiger partial charge in [-0.25, -0.2) is 9.78 Å². The summed E-state index contributed by atoms with van der Waals surface area (Å²) in [6.07, 6.45) is 3.47. The Bertz CT molecular complexity index is 577. The van der Waals surface area contributed by atoms with Crippen LogP contribution in [0.5, 0.6) is 0 Å². The Morgan fingerprint density at radius 2 is 2.00 bits per heavy atom. The summed E-state index contributed by atoms with van der Waals surface area (Å²) in [6.45, 7) is 3.72. The molecule has 1 aromatic heterocycles. The van der Waals surface area contributed by atoms with Crippen LogP contribution in [0.2, 0.25) is 0 Å². The van der Waals surface area contributed by atoms with Crippen molar-refractivity contribution < 1.29 is 19.5 Å². The second-order valence-electron chi connectivity index (χ2n) is 5.59. The number of hydrogen-bond donors (Lipinski definition) is 2. The van der Waals surface area contributed by atoms with Gasteiger partial charge in [0.2, 0.25) is 5.91 Å². The molecule has 2 N–H and O–H groups in total. The molecular formula is C16H21N3O4. The van der Waals surface area contributed by atoms with Crippen molar-refractivity contribution in [2.45, 2.75) is 26.2 Å². The minimum Gasteiger partial charge on any atom is -0.477 e. The maximum Gasteiger partial charge on any atom is 0.354 e. The Kier molecular flexibility index (Phi) is 5.67. The van der Waals surface area contributed by atoms with E-state index < -0.39 is 5.97 Å². The monoisotopic (exact) mass is 319 g/mol. The van der Waals surface area contributed by atoms with Crippen LogP contribution >= 0.6 is 0 Å². The first-order valence-electron chi connectivity index (χ1n) is 7.79. The van der Waals surface area contributed by atoms with Crippen LogP contribution in [-0.4, -0.2) is 52.4 Å². The standard InChI is InChI=1S/C16H21N3O4/c1-2-7-17-14(20)11-5-8-19(9-6-11)15(21)12-3-4-13(16(22)23)18-10-12/h3-4,10-11H,2,5-9H2,1H3,(H,17,20)(H,22,23). The van der Waals surface area contributed by atoms with Gasteiger partial charge in [-0.1, -0.05) is 6.92 Å². The number of nitrogens with zero attached hydrogens (tertiary/aromatic N) is 2. The highest BCUT2D eigenvalue weighted by Gasteiger charge is 2.27. The van der Waals surface area contributed by atoms with Crippen molar-refractivity contribution >= 4 is 17.8 Å². The van der Waals surface area contributed by atoms with Gasteiger partial charge in [-0.05, 0) is 31.4 Å². The molecule has 124 valence electrons. The number of carbonyl (C=O) groups is 3. The first kappa shape index (κ1) is 16.9. The second-order valence-corrected chi connectivity index (χ2v) is 5.59. The lowest BCUT2D eigenvalue weighted by atomic mass is 9.95. The molecule has 0 radical (unpaired) electrons. The van der Waals surface area contributed by atoms with Gasteiger partial charge in [-0.2, -0.15) is 0 Å². The van der Waals surface area contributed by atoms with Gasteiger partial charge in [0.25, 0.3) is 5.91 Å². The van der Waals surface area contributed by atoms with E-state index in [9.17, 15) is 14.4 Å². The number of nitrogens with one attached hydrogen (secondary N) is 1. The van der Waals surface area contributed by atoms with Gasteiger partial charge < -0.3 is 15.3 Å². The molecule has 0 aromatic carbocycles. The van der Waals surface area contributed by atoms with Crippen molar-refractivity contribution in [3.63, 3.8) is 0 Å². The third-order valence-corrected chi connectivity index (χ3v) is 3.93. The number of carbonyl (C=O) groups excluding carboxylic acids is 2. The first-order chi connectivity index (χ1) is 11.0. The molecule has 1 fully saturated rings.